The van der Waals surface area contributed by atoms with Crippen LogP contribution >= 0.6 is 0 Å². The number of aryl methyl sites for hydroxylation is 1. The Bertz CT molecular complexity index is 1210. The summed E-state index contributed by atoms with van der Waals surface area (Å²) in [7, 11) is -3.70. The van der Waals surface area contributed by atoms with Crippen LogP contribution in [0.25, 0.3) is 22.3 Å². The Labute approximate surface area is 157 Å². The Morgan fingerprint density at radius 1 is 0.815 bits per heavy atom. The molecule has 4 rings (SSSR count). The molecule has 0 atom stereocenters. The number of fused-ring (bicyclic) bond motifs is 1. The van der Waals surface area contributed by atoms with E-state index in [1.165, 1.54) is 0 Å². The lowest BCUT2D eigenvalue weighted by atomic mass is 10.1. The lowest BCUT2D eigenvalue weighted by Crippen LogP contribution is -2.13. The van der Waals surface area contributed by atoms with Crippen molar-refractivity contribution >= 4 is 26.6 Å². The molecule has 0 aliphatic carbocycles. The standard InChI is InChI=1S/C21H17N3O2S/c1-15-8-11-17(12-9-15)27(25,26)24-20-7-4-5-16-10-13-19(23-21(16)20)18-6-2-3-14-22-18/h2-14,24H,1H3. The summed E-state index contributed by atoms with van der Waals surface area (Å²) in [5.74, 6) is 0. The molecule has 0 saturated carbocycles. The molecular formula is C21H17N3O2S. The van der Waals surface area contributed by atoms with E-state index >= 15 is 0 Å². The van der Waals surface area contributed by atoms with Crippen LogP contribution in [0, 0.1) is 6.92 Å². The monoisotopic (exact) mass is 375 g/mol. The van der Waals surface area contributed by atoms with Gasteiger partial charge in [-0.1, -0.05) is 42.0 Å². The molecule has 0 aliphatic heterocycles. The number of sulfonamides is 1. The Hall–Kier alpha value is -3.25. The van der Waals surface area contributed by atoms with Gasteiger partial charge in [-0.15, -0.1) is 0 Å². The number of hydrogen-bond donors (Lipinski definition) is 1. The molecule has 0 saturated heterocycles. The van der Waals surface area contributed by atoms with Crippen LogP contribution in [0.2, 0.25) is 0 Å². The third kappa shape index (κ3) is 3.52. The van der Waals surface area contributed by atoms with Crippen molar-refractivity contribution in [1.29, 1.82) is 0 Å². The van der Waals surface area contributed by atoms with Gasteiger partial charge in [-0.05, 0) is 43.3 Å². The summed E-state index contributed by atoms with van der Waals surface area (Å²) >= 11 is 0. The molecule has 1 N–H and O–H groups in total. The SMILES string of the molecule is Cc1ccc(S(=O)(=O)Nc2cccc3ccc(-c4ccccn4)nc23)cc1. The predicted octanol–water partition coefficient (Wildman–Crippen LogP) is 4.41. The summed E-state index contributed by atoms with van der Waals surface area (Å²) in [5, 5.41) is 0.846. The van der Waals surface area contributed by atoms with Gasteiger partial charge in [0.15, 0.2) is 0 Å². The van der Waals surface area contributed by atoms with E-state index in [9.17, 15) is 8.42 Å². The second-order valence-electron chi connectivity index (χ2n) is 6.21. The quantitative estimate of drug-likeness (QED) is 0.574. The van der Waals surface area contributed by atoms with Gasteiger partial charge in [-0.25, -0.2) is 13.4 Å². The number of nitrogens with zero attached hydrogens (tertiary/aromatic N) is 2. The van der Waals surface area contributed by atoms with Gasteiger partial charge in [0.1, 0.15) is 0 Å². The van der Waals surface area contributed by atoms with Gasteiger partial charge in [0.2, 0.25) is 0 Å². The fraction of sp³-hybridized carbons (Fsp3) is 0.0476. The van der Waals surface area contributed by atoms with Crippen LogP contribution < -0.4 is 4.72 Å². The summed E-state index contributed by atoms with van der Waals surface area (Å²) in [6.07, 6.45) is 1.70. The Morgan fingerprint density at radius 2 is 1.63 bits per heavy atom. The molecule has 2 aromatic carbocycles. The van der Waals surface area contributed by atoms with Crippen LogP contribution in [-0.4, -0.2) is 18.4 Å². The van der Waals surface area contributed by atoms with Gasteiger partial charge in [0.05, 0.1) is 27.5 Å². The number of benzene rings is 2. The molecule has 4 aromatic rings. The highest BCUT2D eigenvalue weighted by molar-refractivity contribution is 7.92. The number of hydrogen-bond acceptors (Lipinski definition) is 4. The Balaban J connectivity index is 1.78. The second-order valence-corrected chi connectivity index (χ2v) is 7.89. The van der Waals surface area contributed by atoms with Gasteiger partial charge in [-0.3, -0.25) is 9.71 Å². The fourth-order valence-electron chi connectivity index (χ4n) is 2.81. The number of anilines is 1. The molecule has 5 nitrogen and oxygen atoms in total. The van der Waals surface area contributed by atoms with Crippen molar-refractivity contribution in [2.24, 2.45) is 0 Å². The van der Waals surface area contributed by atoms with E-state index in [1.807, 2.05) is 43.3 Å². The molecule has 134 valence electrons. The summed E-state index contributed by atoms with van der Waals surface area (Å²) in [6, 6.07) is 21.5. The van der Waals surface area contributed by atoms with Crippen molar-refractivity contribution in [3.05, 3.63) is 84.6 Å². The lowest BCUT2D eigenvalue weighted by molar-refractivity contribution is 0.601. The second kappa shape index (κ2) is 6.81. The number of pyridine rings is 2. The van der Waals surface area contributed by atoms with Gasteiger partial charge in [0.25, 0.3) is 10.0 Å². The minimum atomic E-state index is -3.70. The molecule has 6 heteroatoms. The number of rotatable bonds is 4. The molecule has 0 spiro atoms. The van der Waals surface area contributed by atoms with Crippen LogP contribution in [0.3, 0.4) is 0 Å². The zero-order valence-corrected chi connectivity index (χ0v) is 15.4. The van der Waals surface area contributed by atoms with Crippen molar-refractivity contribution in [2.45, 2.75) is 11.8 Å². The summed E-state index contributed by atoms with van der Waals surface area (Å²) < 4.78 is 28.2. The zero-order valence-electron chi connectivity index (χ0n) is 14.6. The zero-order chi connectivity index (χ0) is 18.9. The lowest BCUT2D eigenvalue weighted by Gasteiger charge is -2.11. The molecule has 27 heavy (non-hydrogen) atoms. The van der Waals surface area contributed by atoms with E-state index in [0.29, 0.717) is 16.9 Å². The van der Waals surface area contributed by atoms with Crippen molar-refractivity contribution in [3.8, 4) is 11.4 Å². The van der Waals surface area contributed by atoms with Gasteiger partial charge < -0.3 is 0 Å². The first-order chi connectivity index (χ1) is 13.0. The fourth-order valence-corrected chi connectivity index (χ4v) is 3.87. The minimum absolute atomic E-state index is 0.214. The average Bonchev–Trinajstić information content (AvgIpc) is 2.69. The predicted molar refractivity (Wildman–Crippen MR) is 107 cm³/mol. The molecule has 2 heterocycles. The van der Waals surface area contributed by atoms with Gasteiger partial charge in [-0.2, -0.15) is 0 Å². The molecule has 0 unspecified atom stereocenters. The maximum Gasteiger partial charge on any atom is 0.261 e. The normalized spacial score (nSPS) is 11.4. The van der Waals surface area contributed by atoms with Crippen molar-refractivity contribution < 1.29 is 8.42 Å². The van der Waals surface area contributed by atoms with Crippen LogP contribution in [-0.2, 0) is 10.0 Å². The summed E-state index contributed by atoms with van der Waals surface area (Å²) in [6.45, 7) is 1.91. The molecule has 0 fully saturated rings. The Morgan fingerprint density at radius 3 is 2.37 bits per heavy atom. The maximum atomic E-state index is 12.8. The number of para-hydroxylation sites is 1. The molecular weight excluding hydrogens is 358 g/mol. The first kappa shape index (κ1) is 17.2. The first-order valence-electron chi connectivity index (χ1n) is 8.44. The first-order valence-corrected chi connectivity index (χ1v) is 9.92. The van der Waals surface area contributed by atoms with Crippen molar-refractivity contribution in [2.75, 3.05) is 4.72 Å². The molecule has 0 radical (unpaired) electrons. The van der Waals surface area contributed by atoms with Crippen LogP contribution in [0.1, 0.15) is 5.56 Å². The van der Waals surface area contributed by atoms with Crippen LogP contribution in [0.15, 0.2) is 83.9 Å². The summed E-state index contributed by atoms with van der Waals surface area (Å²) in [5.41, 5.74) is 3.43. The highest BCUT2D eigenvalue weighted by atomic mass is 32.2. The maximum absolute atomic E-state index is 12.8. The number of aromatic nitrogens is 2. The van der Waals surface area contributed by atoms with Gasteiger partial charge >= 0.3 is 0 Å². The van der Waals surface area contributed by atoms with Crippen LogP contribution in [0.5, 0.6) is 0 Å². The minimum Gasteiger partial charge on any atom is -0.277 e. The van der Waals surface area contributed by atoms with E-state index in [1.54, 1.807) is 42.6 Å². The largest absolute Gasteiger partial charge is 0.277 e. The average molecular weight is 375 g/mol. The van der Waals surface area contributed by atoms with Crippen molar-refractivity contribution in [1.82, 2.24) is 9.97 Å². The van der Waals surface area contributed by atoms with E-state index in [0.717, 1.165) is 16.6 Å². The van der Waals surface area contributed by atoms with Crippen molar-refractivity contribution in [3.63, 3.8) is 0 Å². The van der Waals surface area contributed by atoms with E-state index in [2.05, 4.69) is 14.7 Å². The third-order valence-electron chi connectivity index (χ3n) is 4.22. The van der Waals surface area contributed by atoms with E-state index < -0.39 is 10.0 Å². The molecule has 2 aromatic heterocycles. The van der Waals surface area contributed by atoms with Crippen LogP contribution in [0.4, 0.5) is 5.69 Å². The molecule has 0 amide bonds. The van der Waals surface area contributed by atoms with E-state index in [4.69, 9.17) is 0 Å². The highest BCUT2D eigenvalue weighted by Crippen LogP contribution is 2.27. The molecule has 0 aliphatic rings. The Kier molecular flexibility index (Phi) is 4.33. The highest BCUT2D eigenvalue weighted by Gasteiger charge is 2.16. The molecule has 0 bridgehead atoms. The number of nitrogens with one attached hydrogen (secondary N) is 1. The van der Waals surface area contributed by atoms with E-state index in [-0.39, 0.29) is 4.90 Å². The van der Waals surface area contributed by atoms with Gasteiger partial charge in [0, 0.05) is 11.6 Å². The topological polar surface area (TPSA) is 72.0 Å². The smallest absolute Gasteiger partial charge is 0.261 e. The summed E-state index contributed by atoms with van der Waals surface area (Å²) in [4.78, 5) is 9.18. The third-order valence-corrected chi connectivity index (χ3v) is 5.60.